The lowest BCUT2D eigenvalue weighted by molar-refractivity contribution is 0.604. The Morgan fingerprint density at radius 3 is 2.88 bits per heavy atom. The van der Waals surface area contributed by atoms with Gasteiger partial charge < -0.3 is 5.32 Å². The quantitative estimate of drug-likeness (QED) is 0.854. The van der Waals surface area contributed by atoms with E-state index in [-0.39, 0.29) is 11.1 Å². The van der Waals surface area contributed by atoms with Gasteiger partial charge in [0.25, 0.3) is 0 Å². The average molecular weight is 245 g/mol. The molecule has 0 radical (unpaired) electrons. The first kappa shape index (κ1) is 13.0. The number of nitrogens with zero attached hydrogens (tertiary/aromatic N) is 2. The minimum atomic E-state index is -0.844. The highest BCUT2D eigenvalue weighted by Gasteiger charge is 2.09. The summed E-state index contributed by atoms with van der Waals surface area (Å²) in [6.45, 7) is 4.04. The lowest BCUT2D eigenvalue weighted by Crippen LogP contribution is -2.16. The summed E-state index contributed by atoms with van der Waals surface area (Å²) in [6.07, 6.45) is 3.70. The second-order valence-corrected chi connectivity index (χ2v) is 5.45. The van der Waals surface area contributed by atoms with E-state index >= 15 is 0 Å². The summed E-state index contributed by atoms with van der Waals surface area (Å²) in [5.41, 5.74) is 0.324. The molecule has 0 spiro atoms. The third kappa shape index (κ3) is 3.52. The van der Waals surface area contributed by atoms with Gasteiger partial charge in [-0.2, -0.15) is 0 Å². The van der Waals surface area contributed by atoms with Crippen molar-refractivity contribution >= 4 is 16.6 Å². The number of hydrogen-bond donors (Lipinski definition) is 1. The van der Waals surface area contributed by atoms with Crippen LogP contribution in [0.15, 0.2) is 6.33 Å². The van der Waals surface area contributed by atoms with Crippen LogP contribution in [0.3, 0.4) is 0 Å². The maximum atomic E-state index is 13.4. The predicted octanol–water partition coefficient (Wildman–Crippen LogP) is 1.49. The summed E-state index contributed by atoms with van der Waals surface area (Å²) in [5, 5.41) is 2.97. The van der Waals surface area contributed by atoms with Crippen molar-refractivity contribution in [2.75, 3.05) is 18.1 Å². The molecule has 16 heavy (non-hydrogen) atoms. The number of aryl methyl sites for hydroxylation is 1. The van der Waals surface area contributed by atoms with E-state index < -0.39 is 16.6 Å². The zero-order valence-electron chi connectivity index (χ0n) is 9.66. The van der Waals surface area contributed by atoms with Gasteiger partial charge in [-0.05, 0) is 13.3 Å². The Morgan fingerprint density at radius 2 is 2.25 bits per heavy atom. The Hall–Kier alpha value is -1.04. The Labute approximate surface area is 97.2 Å². The molecule has 0 aliphatic rings. The monoisotopic (exact) mass is 245 g/mol. The van der Waals surface area contributed by atoms with Crippen molar-refractivity contribution in [3.63, 3.8) is 0 Å². The molecule has 4 nitrogen and oxygen atoms in total. The van der Waals surface area contributed by atoms with Gasteiger partial charge >= 0.3 is 0 Å². The molecule has 0 aliphatic carbocycles. The smallest absolute Gasteiger partial charge is 0.186 e. The molecule has 1 N–H and O–H groups in total. The lowest BCUT2D eigenvalue weighted by Gasteiger charge is -2.10. The molecule has 2 unspecified atom stereocenters. The lowest BCUT2D eigenvalue weighted by atomic mass is 10.3. The first-order valence-corrected chi connectivity index (χ1v) is 6.67. The average Bonchev–Trinajstić information content (AvgIpc) is 2.24. The molecule has 2 atom stereocenters. The fourth-order valence-electron chi connectivity index (χ4n) is 1.14. The van der Waals surface area contributed by atoms with Crippen molar-refractivity contribution < 1.29 is 8.60 Å². The molecule has 0 aliphatic heterocycles. The molecule has 1 heterocycles. The van der Waals surface area contributed by atoms with Crippen molar-refractivity contribution in [1.82, 2.24) is 9.97 Å². The molecular weight excluding hydrogens is 229 g/mol. The second-order valence-electron chi connectivity index (χ2n) is 3.65. The second kappa shape index (κ2) is 5.89. The fourth-order valence-corrected chi connectivity index (χ4v) is 1.59. The molecule has 1 aromatic heterocycles. The Morgan fingerprint density at radius 1 is 1.56 bits per heavy atom. The van der Waals surface area contributed by atoms with E-state index in [1.54, 1.807) is 13.2 Å². The zero-order valence-corrected chi connectivity index (χ0v) is 10.5. The number of aromatic nitrogens is 2. The van der Waals surface area contributed by atoms with Crippen molar-refractivity contribution in [3.8, 4) is 0 Å². The number of nitrogens with one attached hydrogen (secondary N) is 1. The molecule has 1 aromatic rings. The van der Waals surface area contributed by atoms with E-state index in [0.29, 0.717) is 18.7 Å². The summed E-state index contributed by atoms with van der Waals surface area (Å²) in [6, 6.07) is 0. The third-order valence-electron chi connectivity index (χ3n) is 2.37. The third-order valence-corrected chi connectivity index (χ3v) is 3.74. The topological polar surface area (TPSA) is 54.9 Å². The maximum Gasteiger partial charge on any atom is 0.186 e. The summed E-state index contributed by atoms with van der Waals surface area (Å²) >= 11 is 0. The Balaban J connectivity index is 2.49. The number of hydrogen-bond acceptors (Lipinski definition) is 4. The molecule has 0 bridgehead atoms. The largest absolute Gasteiger partial charge is 0.367 e. The van der Waals surface area contributed by atoms with Gasteiger partial charge in [0.1, 0.15) is 6.33 Å². The minimum absolute atomic E-state index is 0.0958. The van der Waals surface area contributed by atoms with Crippen molar-refractivity contribution in [2.24, 2.45) is 0 Å². The molecular formula is C10H16FN3OS. The predicted molar refractivity (Wildman–Crippen MR) is 63.4 cm³/mol. The van der Waals surface area contributed by atoms with Crippen LogP contribution in [0, 0.1) is 12.7 Å². The van der Waals surface area contributed by atoms with E-state index in [1.165, 1.54) is 6.33 Å². The molecule has 0 saturated heterocycles. The normalized spacial score (nSPS) is 14.5. The first-order chi connectivity index (χ1) is 7.52. The standard InChI is InChI=1S/C10H16FN3OS/c1-7(16(3)15)4-5-12-10-9(11)8(2)13-6-14-10/h6-7H,4-5H2,1-3H3,(H,12,13,14). The van der Waals surface area contributed by atoms with Gasteiger partial charge in [-0.15, -0.1) is 0 Å². The SMILES string of the molecule is Cc1ncnc(NCCC(C)S(C)=O)c1F. The van der Waals surface area contributed by atoms with Crippen LogP contribution in [0.2, 0.25) is 0 Å². The van der Waals surface area contributed by atoms with E-state index in [9.17, 15) is 8.60 Å². The van der Waals surface area contributed by atoms with Crippen LogP contribution in [0.5, 0.6) is 0 Å². The molecule has 1 rings (SSSR count). The summed E-state index contributed by atoms with van der Waals surface area (Å²) in [7, 11) is -0.844. The molecule has 0 fully saturated rings. The van der Waals surface area contributed by atoms with Crippen molar-refractivity contribution in [2.45, 2.75) is 25.5 Å². The van der Waals surface area contributed by atoms with Crippen LogP contribution in [-0.2, 0) is 10.8 Å². The minimum Gasteiger partial charge on any atom is -0.367 e. The highest BCUT2D eigenvalue weighted by atomic mass is 32.2. The van der Waals surface area contributed by atoms with Gasteiger partial charge in [0, 0.05) is 28.9 Å². The summed E-state index contributed by atoms with van der Waals surface area (Å²) in [5.74, 6) is -0.214. The van der Waals surface area contributed by atoms with Gasteiger partial charge in [-0.1, -0.05) is 6.92 Å². The maximum absolute atomic E-state index is 13.4. The molecule has 0 saturated carbocycles. The van der Waals surface area contributed by atoms with Crippen LogP contribution in [-0.4, -0.2) is 32.2 Å². The van der Waals surface area contributed by atoms with E-state index in [4.69, 9.17) is 0 Å². The summed E-state index contributed by atoms with van der Waals surface area (Å²) < 4.78 is 24.5. The van der Waals surface area contributed by atoms with Crippen LogP contribution >= 0.6 is 0 Å². The van der Waals surface area contributed by atoms with Crippen LogP contribution < -0.4 is 5.32 Å². The van der Waals surface area contributed by atoms with Crippen LogP contribution in [0.25, 0.3) is 0 Å². The fraction of sp³-hybridized carbons (Fsp3) is 0.600. The summed E-state index contributed by atoms with van der Waals surface area (Å²) in [4.78, 5) is 7.54. The van der Waals surface area contributed by atoms with Gasteiger partial charge in [-0.3, -0.25) is 4.21 Å². The van der Waals surface area contributed by atoms with Crippen LogP contribution in [0.4, 0.5) is 10.2 Å². The number of rotatable bonds is 5. The number of halogens is 1. The molecule has 0 amide bonds. The zero-order chi connectivity index (χ0) is 12.1. The van der Waals surface area contributed by atoms with E-state index in [1.807, 2.05) is 6.92 Å². The van der Waals surface area contributed by atoms with Gasteiger partial charge in [0.2, 0.25) is 0 Å². The number of anilines is 1. The highest BCUT2D eigenvalue weighted by Crippen LogP contribution is 2.11. The molecule has 0 aromatic carbocycles. The van der Waals surface area contributed by atoms with Crippen LogP contribution in [0.1, 0.15) is 19.0 Å². The van der Waals surface area contributed by atoms with Crippen molar-refractivity contribution in [1.29, 1.82) is 0 Å². The van der Waals surface area contributed by atoms with E-state index in [0.717, 1.165) is 0 Å². The van der Waals surface area contributed by atoms with Gasteiger partial charge in [0.15, 0.2) is 11.6 Å². The van der Waals surface area contributed by atoms with Gasteiger partial charge in [-0.25, -0.2) is 14.4 Å². The van der Waals surface area contributed by atoms with Crippen molar-refractivity contribution in [3.05, 3.63) is 17.8 Å². The molecule has 6 heteroatoms. The molecule has 90 valence electrons. The Kier molecular flexibility index (Phi) is 4.79. The van der Waals surface area contributed by atoms with E-state index in [2.05, 4.69) is 15.3 Å². The van der Waals surface area contributed by atoms with Gasteiger partial charge in [0.05, 0.1) is 5.69 Å². The first-order valence-electron chi connectivity index (χ1n) is 5.05. The highest BCUT2D eigenvalue weighted by molar-refractivity contribution is 7.84. The Bertz CT molecular complexity index is 386.